The molecule has 0 atom stereocenters. The third kappa shape index (κ3) is 3.32. The van der Waals surface area contributed by atoms with Crippen molar-refractivity contribution in [2.45, 2.75) is 0 Å². The van der Waals surface area contributed by atoms with E-state index in [1.807, 2.05) is 0 Å². The predicted molar refractivity (Wildman–Crippen MR) is 80.3 cm³/mol. The molecule has 0 bridgehead atoms. The zero-order valence-corrected chi connectivity index (χ0v) is 11.9. The Bertz CT molecular complexity index is 624. The SMILES string of the molecule is Nc1cc(Cl)cc(C(=O)Nc2cccc(Cl)c2Cl)c1. The summed E-state index contributed by atoms with van der Waals surface area (Å²) in [4.78, 5) is 12.1. The Morgan fingerprint density at radius 3 is 2.53 bits per heavy atom. The van der Waals surface area contributed by atoms with Crippen LogP contribution in [-0.2, 0) is 0 Å². The van der Waals surface area contributed by atoms with Gasteiger partial charge in [-0.15, -0.1) is 0 Å². The van der Waals surface area contributed by atoms with Crippen molar-refractivity contribution in [2.24, 2.45) is 0 Å². The number of nitrogens with one attached hydrogen (secondary N) is 1. The lowest BCUT2D eigenvalue weighted by molar-refractivity contribution is 0.102. The van der Waals surface area contributed by atoms with Crippen LogP contribution in [0.3, 0.4) is 0 Å². The van der Waals surface area contributed by atoms with Crippen LogP contribution >= 0.6 is 34.8 Å². The highest BCUT2D eigenvalue weighted by Gasteiger charge is 2.11. The number of carbonyl (C=O) groups excluding carboxylic acids is 1. The minimum atomic E-state index is -0.363. The average molecular weight is 316 g/mol. The maximum absolute atomic E-state index is 12.1. The van der Waals surface area contributed by atoms with Crippen molar-refractivity contribution < 1.29 is 4.79 Å². The number of hydrogen-bond acceptors (Lipinski definition) is 2. The predicted octanol–water partition coefficient (Wildman–Crippen LogP) is 4.48. The number of nitrogens with two attached hydrogens (primary N) is 1. The Labute approximate surface area is 125 Å². The molecular weight excluding hydrogens is 307 g/mol. The second-order valence-electron chi connectivity index (χ2n) is 3.83. The van der Waals surface area contributed by atoms with E-state index in [-0.39, 0.29) is 10.9 Å². The van der Waals surface area contributed by atoms with Gasteiger partial charge < -0.3 is 11.1 Å². The molecule has 3 nitrogen and oxygen atoms in total. The van der Waals surface area contributed by atoms with Crippen molar-refractivity contribution >= 4 is 52.1 Å². The first-order valence-corrected chi connectivity index (χ1v) is 6.42. The van der Waals surface area contributed by atoms with E-state index in [9.17, 15) is 4.79 Å². The highest BCUT2D eigenvalue weighted by atomic mass is 35.5. The largest absolute Gasteiger partial charge is 0.399 e. The molecule has 3 N–H and O–H groups in total. The van der Waals surface area contributed by atoms with Gasteiger partial charge in [-0.25, -0.2) is 0 Å². The van der Waals surface area contributed by atoms with E-state index < -0.39 is 0 Å². The van der Waals surface area contributed by atoms with Crippen LogP contribution in [-0.4, -0.2) is 5.91 Å². The number of carbonyl (C=O) groups is 1. The summed E-state index contributed by atoms with van der Waals surface area (Å²) in [5.41, 5.74) is 6.82. The zero-order valence-electron chi connectivity index (χ0n) is 9.58. The van der Waals surface area contributed by atoms with Crippen molar-refractivity contribution in [3.05, 3.63) is 57.0 Å². The van der Waals surface area contributed by atoms with Gasteiger partial charge in [0.1, 0.15) is 0 Å². The fraction of sp³-hybridized carbons (Fsp3) is 0. The van der Waals surface area contributed by atoms with E-state index in [1.165, 1.54) is 12.1 Å². The quantitative estimate of drug-likeness (QED) is 0.803. The molecule has 0 aromatic heterocycles. The van der Waals surface area contributed by atoms with Gasteiger partial charge >= 0.3 is 0 Å². The molecule has 0 unspecified atom stereocenters. The number of anilines is 2. The third-order valence-electron chi connectivity index (χ3n) is 2.38. The number of halogens is 3. The van der Waals surface area contributed by atoms with E-state index in [0.717, 1.165) is 0 Å². The molecule has 0 aliphatic rings. The van der Waals surface area contributed by atoms with Gasteiger partial charge in [0.15, 0.2) is 0 Å². The number of rotatable bonds is 2. The monoisotopic (exact) mass is 314 g/mol. The van der Waals surface area contributed by atoms with Crippen LogP contribution in [0.2, 0.25) is 15.1 Å². The first-order chi connectivity index (χ1) is 8.97. The lowest BCUT2D eigenvalue weighted by Gasteiger charge is -2.09. The fourth-order valence-electron chi connectivity index (χ4n) is 1.54. The second kappa shape index (κ2) is 5.70. The molecular formula is C13H9Cl3N2O. The molecule has 19 heavy (non-hydrogen) atoms. The summed E-state index contributed by atoms with van der Waals surface area (Å²) in [5.74, 6) is -0.363. The molecule has 0 saturated heterocycles. The smallest absolute Gasteiger partial charge is 0.255 e. The Hall–Kier alpha value is -1.42. The van der Waals surface area contributed by atoms with E-state index in [2.05, 4.69) is 5.32 Å². The third-order valence-corrected chi connectivity index (χ3v) is 3.42. The molecule has 0 saturated carbocycles. The van der Waals surface area contributed by atoms with Crippen LogP contribution in [0.4, 0.5) is 11.4 Å². The molecule has 1 amide bonds. The van der Waals surface area contributed by atoms with Gasteiger partial charge in [-0.2, -0.15) is 0 Å². The van der Waals surface area contributed by atoms with E-state index in [4.69, 9.17) is 40.5 Å². The van der Waals surface area contributed by atoms with Gasteiger partial charge in [-0.1, -0.05) is 40.9 Å². The van der Waals surface area contributed by atoms with Gasteiger partial charge in [-0.3, -0.25) is 4.79 Å². The lowest BCUT2D eigenvalue weighted by atomic mass is 10.2. The standard InChI is InChI=1S/C13H9Cl3N2O/c14-8-4-7(5-9(17)6-8)13(19)18-11-3-1-2-10(15)12(11)16/h1-6H,17H2,(H,18,19). The lowest BCUT2D eigenvalue weighted by Crippen LogP contribution is -2.12. The molecule has 0 spiro atoms. The molecule has 0 fully saturated rings. The Kier molecular flexibility index (Phi) is 4.20. The van der Waals surface area contributed by atoms with E-state index in [0.29, 0.717) is 27.0 Å². The number of nitrogen functional groups attached to an aromatic ring is 1. The first kappa shape index (κ1) is 14.0. The molecule has 98 valence electrons. The second-order valence-corrected chi connectivity index (χ2v) is 5.05. The minimum Gasteiger partial charge on any atom is -0.399 e. The molecule has 2 aromatic rings. The van der Waals surface area contributed by atoms with Gasteiger partial charge in [-0.05, 0) is 30.3 Å². The summed E-state index contributed by atoms with van der Waals surface area (Å²) in [6.07, 6.45) is 0. The summed E-state index contributed by atoms with van der Waals surface area (Å²) in [7, 11) is 0. The van der Waals surface area contributed by atoms with E-state index in [1.54, 1.807) is 24.3 Å². The van der Waals surface area contributed by atoms with Crippen LogP contribution in [0.5, 0.6) is 0 Å². The summed E-state index contributed by atoms with van der Waals surface area (Å²) < 4.78 is 0. The Morgan fingerprint density at radius 2 is 1.84 bits per heavy atom. The fourth-order valence-corrected chi connectivity index (χ4v) is 2.13. The number of benzene rings is 2. The minimum absolute atomic E-state index is 0.285. The summed E-state index contributed by atoms with van der Waals surface area (Å²) in [6, 6.07) is 9.59. The first-order valence-electron chi connectivity index (χ1n) is 5.29. The Morgan fingerprint density at radius 1 is 1.11 bits per heavy atom. The molecule has 2 aromatic carbocycles. The van der Waals surface area contributed by atoms with Crippen molar-refractivity contribution in [3.8, 4) is 0 Å². The van der Waals surface area contributed by atoms with Crippen LogP contribution in [0, 0.1) is 0 Å². The Balaban J connectivity index is 2.28. The van der Waals surface area contributed by atoms with Crippen molar-refractivity contribution in [2.75, 3.05) is 11.1 Å². The van der Waals surface area contributed by atoms with Gasteiger partial charge in [0.2, 0.25) is 0 Å². The summed E-state index contributed by atoms with van der Waals surface area (Å²) >= 11 is 17.7. The van der Waals surface area contributed by atoms with Crippen LogP contribution < -0.4 is 11.1 Å². The number of hydrogen-bond donors (Lipinski definition) is 2. The molecule has 2 rings (SSSR count). The van der Waals surface area contributed by atoms with Crippen LogP contribution in [0.1, 0.15) is 10.4 Å². The van der Waals surface area contributed by atoms with Crippen molar-refractivity contribution in [3.63, 3.8) is 0 Å². The van der Waals surface area contributed by atoms with Crippen LogP contribution in [0.15, 0.2) is 36.4 Å². The van der Waals surface area contributed by atoms with Crippen molar-refractivity contribution in [1.29, 1.82) is 0 Å². The average Bonchev–Trinajstić information content (AvgIpc) is 2.33. The zero-order chi connectivity index (χ0) is 14.0. The molecule has 0 heterocycles. The summed E-state index contributed by atoms with van der Waals surface area (Å²) in [5, 5.41) is 3.69. The molecule has 0 radical (unpaired) electrons. The normalized spacial score (nSPS) is 10.3. The maximum Gasteiger partial charge on any atom is 0.255 e. The highest BCUT2D eigenvalue weighted by molar-refractivity contribution is 6.44. The van der Waals surface area contributed by atoms with Crippen LogP contribution in [0.25, 0.3) is 0 Å². The van der Waals surface area contributed by atoms with Gasteiger partial charge in [0, 0.05) is 16.3 Å². The van der Waals surface area contributed by atoms with Crippen molar-refractivity contribution in [1.82, 2.24) is 0 Å². The molecule has 0 aliphatic heterocycles. The molecule has 0 aliphatic carbocycles. The molecule has 6 heteroatoms. The van der Waals surface area contributed by atoms with Gasteiger partial charge in [0.05, 0.1) is 15.7 Å². The summed E-state index contributed by atoms with van der Waals surface area (Å²) in [6.45, 7) is 0. The van der Waals surface area contributed by atoms with E-state index >= 15 is 0 Å². The van der Waals surface area contributed by atoms with Gasteiger partial charge in [0.25, 0.3) is 5.91 Å². The topological polar surface area (TPSA) is 55.1 Å². The number of amides is 1. The maximum atomic E-state index is 12.1. The highest BCUT2D eigenvalue weighted by Crippen LogP contribution is 2.30.